The van der Waals surface area contributed by atoms with Gasteiger partial charge in [-0.3, -0.25) is 0 Å². The van der Waals surface area contributed by atoms with Crippen molar-refractivity contribution in [2.75, 3.05) is 14.1 Å². The zero-order chi connectivity index (χ0) is 21.1. The van der Waals surface area contributed by atoms with Crippen LogP contribution in [0.15, 0.2) is 54.6 Å². The van der Waals surface area contributed by atoms with Crippen LogP contribution in [0.1, 0.15) is 42.9 Å². The van der Waals surface area contributed by atoms with Crippen molar-refractivity contribution in [3.8, 4) is 5.75 Å². The Bertz CT molecular complexity index is 783. The molecule has 3 nitrogen and oxygen atoms in total. The van der Waals surface area contributed by atoms with Gasteiger partial charge < -0.3 is 14.7 Å². The van der Waals surface area contributed by atoms with Crippen molar-refractivity contribution in [3.63, 3.8) is 0 Å². The van der Waals surface area contributed by atoms with E-state index >= 15 is 0 Å². The summed E-state index contributed by atoms with van der Waals surface area (Å²) in [6.45, 7) is 0. The molecule has 30 heavy (non-hydrogen) atoms. The van der Waals surface area contributed by atoms with Crippen molar-refractivity contribution in [2.45, 2.75) is 50.1 Å². The second kappa shape index (κ2) is 10.0. The third-order valence-electron chi connectivity index (χ3n) is 5.81. The molecule has 0 spiro atoms. The van der Waals surface area contributed by atoms with Gasteiger partial charge in [0.15, 0.2) is 0 Å². The van der Waals surface area contributed by atoms with Crippen LogP contribution in [0.2, 0.25) is 0 Å². The Hall–Kier alpha value is -1.76. The molecule has 3 unspecified atom stereocenters. The van der Waals surface area contributed by atoms with E-state index in [4.69, 9.17) is 0 Å². The lowest BCUT2D eigenvalue weighted by Crippen LogP contribution is -2.48. The quantitative estimate of drug-likeness (QED) is 0.614. The fraction of sp³-hybridized carbons (Fsp3) is 0.478. The Morgan fingerprint density at radius 3 is 2.27 bits per heavy atom. The van der Waals surface area contributed by atoms with Gasteiger partial charge in [0.05, 0.1) is 5.60 Å². The first kappa shape index (κ1) is 24.5. The van der Waals surface area contributed by atoms with E-state index in [9.17, 15) is 18.3 Å². The van der Waals surface area contributed by atoms with Crippen molar-refractivity contribution in [1.82, 2.24) is 4.90 Å². The lowest BCUT2D eigenvalue weighted by Gasteiger charge is -2.46. The number of benzene rings is 2. The Labute approximate surface area is 182 Å². The average Bonchev–Trinajstić information content (AvgIpc) is 2.65. The van der Waals surface area contributed by atoms with Crippen LogP contribution >= 0.6 is 12.4 Å². The van der Waals surface area contributed by atoms with Gasteiger partial charge in [-0.05, 0) is 50.2 Å². The summed E-state index contributed by atoms with van der Waals surface area (Å²) >= 11 is 0. The summed E-state index contributed by atoms with van der Waals surface area (Å²) in [7, 11) is 4.05. The Kier molecular flexibility index (Phi) is 8.20. The van der Waals surface area contributed by atoms with E-state index in [0.29, 0.717) is 12.8 Å². The zero-order valence-corrected chi connectivity index (χ0v) is 18.0. The molecule has 0 aromatic heterocycles. The van der Waals surface area contributed by atoms with E-state index in [2.05, 4.69) is 21.8 Å². The lowest BCUT2D eigenvalue weighted by molar-refractivity contribution is -0.274. The van der Waals surface area contributed by atoms with Gasteiger partial charge in [0.25, 0.3) is 0 Å². The highest BCUT2D eigenvalue weighted by Gasteiger charge is 2.44. The van der Waals surface area contributed by atoms with Crippen LogP contribution in [0.4, 0.5) is 13.2 Å². The smallest absolute Gasteiger partial charge is 0.406 e. The molecule has 3 rings (SSSR count). The number of hydrogen-bond donors (Lipinski definition) is 1. The molecule has 1 aliphatic rings. The average molecular weight is 444 g/mol. The van der Waals surface area contributed by atoms with Crippen LogP contribution in [0.25, 0.3) is 0 Å². The second-order valence-electron chi connectivity index (χ2n) is 8.14. The van der Waals surface area contributed by atoms with Crippen LogP contribution in [0.5, 0.6) is 5.75 Å². The number of halogens is 4. The number of aliphatic hydroxyl groups is 1. The molecule has 1 fully saturated rings. The first-order valence-corrected chi connectivity index (χ1v) is 9.96. The first-order chi connectivity index (χ1) is 13.7. The molecular formula is C23H29ClF3NO2. The SMILES string of the molecule is CN(C)C(c1ccccc1)C1CCCCC1(O)Cc1ccc(OC(F)(F)F)cc1.Cl. The van der Waals surface area contributed by atoms with Crippen LogP contribution in [0.3, 0.4) is 0 Å². The molecule has 2 aromatic carbocycles. The fourth-order valence-corrected chi connectivity index (χ4v) is 4.62. The van der Waals surface area contributed by atoms with Crippen LogP contribution in [-0.2, 0) is 6.42 Å². The molecule has 1 N–H and O–H groups in total. The van der Waals surface area contributed by atoms with Crippen molar-refractivity contribution in [1.29, 1.82) is 0 Å². The van der Waals surface area contributed by atoms with Gasteiger partial charge in [-0.1, -0.05) is 55.3 Å². The van der Waals surface area contributed by atoms with Gasteiger partial charge >= 0.3 is 6.36 Å². The van der Waals surface area contributed by atoms with Crippen LogP contribution in [0, 0.1) is 5.92 Å². The van der Waals surface area contributed by atoms with Crippen LogP contribution in [-0.4, -0.2) is 36.1 Å². The summed E-state index contributed by atoms with van der Waals surface area (Å²) in [5, 5.41) is 11.7. The molecule has 0 saturated heterocycles. The van der Waals surface area contributed by atoms with E-state index in [0.717, 1.165) is 30.4 Å². The maximum absolute atomic E-state index is 12.4. The van der Waals surface area contributed by atoms with Gasteiger partial charge in [0.1, 0.15) is 5.75 Å². The monoisotopic (exact) mass is 443 g/mol. The maximum Gasteiger partial charge on any atom is 0.573 e. The molecular weight excluding hydrogens is 415 g/mol. The highest BCUT2D eigenvalue weighted by atomic mass is 35.5. The summed E-state index contributed by atoms with van der Waals surface area (Å²) in [5.41, 5.74) is 1.05. The predicted octanol–water partition coefficient (Wildman–Crippen LogP) is 5.77. The number of rotatable bonds is 6. The number of nitrogens with zero attached hydrogens (tertiary/aromatic N) is 1. The zero-order valence-electron chi connectivity index (χ0n) is 17.2. The fourth-order valence-electron chi connectivity index (χ4n) is 4.62. The van der Waals surface area contributed by atoms with Crippen molar-refractivity contribution in [2.24, 2.45) is 5.92 Å². The summed E-state index contributed by atoms with van der Waals surface area (Å²) in [6.07, 6.45) is -0.719. The van der Waals surface area contributed by atoms with Crippen LogP contribution < -0.4 is 4.74 Å². The van der Waals surface area contributed by atoms with Gasteiger partial charge in [-0.25, -0.2) is 0 Å². The summed E-state index contributed by atoms with van der Waals surface area (Å²) in [4.78, 5) is 2.15. The number of hydrogen-bond acceptors (Lipinski definition) is 3. The molecule has 3 atom stereocenters. The van der Waals surface area contributed by atoms with E-state index in [1.54, 1.807) is 12.1 Å². The standard InChI is InChI=1S/C23H28F3NO2.ClH/c1-27(2)21(18-8-4-3-5-9-18)20-10-6-7-15-22(20,28)16-17-11-13-19(14-12-17)29-23(24,25)26;/h3-5,8-9,11-14,20-21,28H,6-7,10,15-16H2,1-2H3;1H. The number of alkyl halides is 3. The van der Waals surface area contributed by atoms with Gasteiger partial charge in [0, 0.05) is 18.4 Å². The van der Waals surface area contributed by atoms with E-state index in [1.165, 1.54) is 12.1 Å². The summed E-state index contributed by atoms with van der Waals surface area (Å²) < 4.78 is 41.1. The van der Waals surface area contributed by atoms with Crippen molar-refractivity contribution >= 4 is 12.4 Å². The third-order valence-corrected chi connectivity index (χ3v) is 5.81. The topological polar surface area (TPSA) is 32.7 Å². The molecule has 166 valence electrons. The van der Waals surface area contributed by atoms with Crippen molar-refractivity contribution in [3.05, 3.63) is 65.7 Å². The largest absolute Gasteiger partial charge is 0.573 e. The molecule has 0 amide bonds. The molecule has 1 aliphatic carbocycles. The van der Waals surface area contributed by atoms with Gasteiger partial charge in [-0.2, -0.15) is 0 Å². The normalized spacial score (nSPS) is 23.0. The maximum atomic E-state index is 12.4. The lowest BCUT2D eigenvalue weighted by atomic mass is 9.67. The molecule has 1 saturated carbocycles. The van der Waals surface area contributed by atoms with Gasteiger partial charge in [-0.15, -0.1) is 25.6 Å². The summed E-state index contributed by atoms with van der Waals surface area (Å²) in [5.74, 6) is -0.219. The van der Waals surface area contributed by atoms with E-state index in [1.807, 2.05) is 32.3 Å². The molecule has 2 aromatic rings. The highest BCUT2D eigenvalue weighted by molar-refractivity contribution is 5.85. The summed E-state index contributed by atoms with van der Waals surface area (Å²) in [6, 6.07) is 16.1. The molecule has 0 bridgehead atoms. The van der Waals surface area contributed by atoms with E-state index < -0.39 is 12.0 Å². The number of ether oxygens (including phenoxy) is 1. The first-order valence-electron chi connectivity index (χ1n) is 9.96. The minimum absolute atomic E-state index is 0. The van der Waals surface area contributed by atoms with Gasteiger partial charge in [0.2, 0.25) is 0 Å². The molecule has 0 radical (unpaired) electrons. The van der Waals surface area contributed by atoms with Crippen molar-refractivity contribution < 1.29 is 23.0 Å². The Morgan fingerprint density at radius 1 is 1.07 bits per heavy atom. The predicted molar refractivity (Wildman–Crippen MR) is 114 cm³/mol. The Balaban J connectivity index is 0.00000320. The second-order valence-corrected chi connectivity index (χ2v) is 8.14. The third kappa shape index (κ3) is 6.13. The molecule has 0 heterocycles. The van der Waals surface area contributed by atoms with E-state index in [-0.39, 0.29) is 30.1 Å². The minimum Gasteiger partial charge on any atom is -0.406 e. The highest BCUT2D eigenvalue weighted by Crippen LogP contribution is 2.45. The Morgan fingerprint density at radius 2 is 1.70 bits per heavy atom. The molecule has 0 aliphatic heterocycles. The minimum atomic E-state index is -4.71. The molecule has 7 heteroatoms.